The summed E-state index contributed by atoms with van der Waals surface area (Å²) in [5.41, 5.74) is 1.16. The Morgan fingerprint density at radius 2 is 2.00 bits per heavy atom. The van der Waals surface area contributed by atoms with Crippen LogP contribution in [0.4, 0.5) is 4.39 Å². The van der Waals surface area contributed by atoms with Crippen molar-refractivity contribution >= 4 is 0 Å². The highest BCUT2D eigenvalue weighted by molar-refractivity contribution is 5.21. The van der Waals surface area contributed by atoms with Gasteiger partial charge in [-0.15, -0.1) is 0 Å². The largest absolute Gasteiger partial charge is 0.396 e. The van der Waals surface area contributed by atoms with Crippen molar-refractivity contribution in [1.29, 1.82) is 0 Å². The molecule has 1 fully saturated rings. The molecule has 0 heterocycles. The maximum Gasteiger partial charge on any atom is 0.123 e. The minimum absolute atomic E-state index is 0.184. The van der Waals surface area contributed by atoms with Gasteiger partial charge in [0.2, 0.25) is 0 Å². The van der Waals surface area contributed by atoms with Crippen molar-refractivity contribution in [1.82, 2.24) is 5.32 Å². The number of benzene rings is 1. The molecule has 1 unspecified atom stereocenters. The summed E-state index contributed by atoms with van der Waals surface area (Å²) in [7, 11) is 0. The Kier molecular flexibility index (Phi) is 4.51. The lowest BCUT2D eigenvalue weighted by Gasteiger charge is -2.35. The van der Waals surface area contributed by atoms with Crippen molar-refractivity contribution in [3.8, 4) is 0 Å². The molecule has 1 atom stereocenters. The molecule has 17 heavy (non-hydrogen) atoms. The number of aliphatic hydroxyl groups is 1. The minimum atomic E-state index is -0.184. The molecule has 2 N–H and O–H groups in total. The van der Waals surface area contributed by atoms with Crippen LogP contribution >= 0.6 is 0 Å². The topological polar surface area (TPSA) is 32.3 Å². The van der Waals surface area contributed by atoms with E-state index >= 15 is 0 Å². The second-order valence-corrected chi connectivity index (χ2v) is 4.75. The van der Waals surface area contributed by atoms with Gasteiger partial charge in [0.05, 0.1) is 0 Å². The number of halogens is 1. The standard InChI is InChI=1S/C14H20FNO/c15-13-7-5-12(6-8-13)14(11-3-1-4-11)16-9-2-10-17/h5-8,11,14,16-17H,1-4,9-10H2. The van der Waals surface area contributed by atoms with E-state index in [-0.39, 0.29) is 12.4 Å². The molecule has 0 radical (unpaired) electrons. The molecule has 2 rings (SSSR count). The van der Waals surface area contributed by atoms with Gasteiger partial charge in [0, 0.05) is 12.6 Å². The zero-order valence-corrected chi connectivity index (χ0v) is 10.0. The monoisotopic (exact) mass is 237 g/mol. The third-order valence-electron chi connectivity index (χ3n) is 3.55. The van der Waals surface area contributed by atoms with Crippen LogP contribution in [0.3, 0.4) is 0 Å². The van der Waals surface area contributed by atoms with E-state index in [1.807, 2.05) is 12.1 Å². The van der Waals surface area contributed by atoms with Crippen molar-refractivity contribution in [2.75, 3.05) is 13.2 Å². The molecule has 2 nitrogen and oxygen atoms in total. The Balaban J connectivity index is 2.00. The van der Waals surface area contributed by atoms with Gasteiger partial charge in [0.25, 0.3) is 0 Å². The van der Waals surface area contributed by atoms with Gasteiger partial charge in [-0.1, -0.05) is 18.6 Å². The highest BCUT2D eigenvalue weighted by Crippen LogP contribution is 2.37. The van der Waals surface area contributed by atoms with E-state index in [1.54, 1.807) is 0 Å². The highest BCUT2D eigenvalue weighted by Gasteiger charge is 2.27. The van der Waals surface area contributed by atoms with Gasteiger partial charge in [-0.25, -0.2) is 4.39 Å². The van der Waals surface area contributed by atoms with E-state index < -0.39 is 0 Å². The Labute approximate surface area is 102 Å². The quantitative estimate of drug-likeness (QED) is 0.745. The number of hydrogen-bond acceptors (Lipinski definition) is 2. The normalized spacial score (nSPS) is 17.8. The van der Waals surface area contributed by atoms with E-state index in [4.69, 9.17) is 5.11 Å². The van der Waals surface area contributed by atoms with Crippen LogP contribution in [0.2, 0.25) is 0 Å². The predicted octanol–water partition coefficient (Wildman–Crippen LogP) is 2.64. The summed E-state index contributed by atoms with van der Waals surface area (Å²) in [6.07, 6.45) is 4.55. The number of aliphatic hydroxyl groups excluding tert-OH is 1. The van der Waals surface area contributed by atoms with Crippen molar-refractivity contribution < 1.29 is 9.50 Å². The first kappa shape index (κ1) is 12.5. The van der Waals surface area contributed by atoms with E-state index in [9.17, 15) is 4.39 Å². The summed E-state index contributed by atoms with van der Waals surface area (Å²) in [6, 6.07) is 7.09. The average molecular weight is 237 g/mol. The molecule has 1 aromatic carbocycles. The second kappa shape index (κ2) is 6.12. The molecule has 3 heteroatoms. The molecular weight excluding hydrogens is 217 g/mol. The number of nitrogens with one attached hydrogen (secondary N) is 1. The first-order chi connectivity index (χ1) is 8.31. The van der Waals surface area contributed by atoms with E-state index in [2.05, 4.69) is 5.32 Å². The molecule has 0 saturated heterocycles. The Morgan fingerprint density at radius 1 is 1.29 bits per heavy atom. The average Bonchev–Trinajstić information content (AvgIpc) is 2.27. The molecule has 0 bridgehead atoms. The van der Waals surface area contributed by atoms with Gasteiger partial charge in [-0.3, -0.25) is 0 Å². The first-order valence-corrected chi connectivity index (χ1v) is 6.41. The molecule has 0 amide bonds. The zero-order chi connectivity index (χ0) is 12.1. The lowest BCUT2D eigenvalue weighted by Crippen LogP contribution is -2.33. The van der Waals surface area contributed by atoms with Crippen LogP contribution < -0.4 is 5.32 Å². The summed E-state index contributed by atoms with van der Waals surface area (Å²) < 4.78 is 12.9. The van der Waals surface area contributed by atoms with Gasteiger partial charge in [0.15, 0.2) is 0 Å². The molecule has 1 aliphatic carbocycles. The maximum absolute atomic E-state index is 12.9. The summed E-state index contributed by atoms with van der Waals surface area (Å²) in [5, 5.41) is 12.3. The fourth-order valence-electron chi connectivity index (χ4n) is 2.34. The first-order valence-electron chi connectivity index (χ1n) is 6.41. The smallest absolute Gasteiger partial charge is 0.123 e. The van der Waals surface area contributed by atoms with Crippen molar-refractivity contribution in [3.05, 3.63) is 35.6 Å². The maximum atomic E-state index is 12.9. The van der Waals surface area contributed by atoms with Crippen LogP contribution in [0.5, 0.6) is 0 Å². The SMILES string of the molecule is OCCCNC(c1ccc(F)cc1)C1CCC1. The molecule has 0 aliphatic heterocycles. The predicted molar refractivity (Wildman–Crippen MR) is 66.2 cm³/mol. The Hall–Kier alpha value is -0.930. The zero-order valence-electron chi connectivity index (χ0n) is 10.0. The highest BCUT2D eigenvalue weighted by atomic mass is 19.1. The van der Waals surface area contributed by atoms with Gasteiger partial charge >= 0.3 is 0 Å². The molecule has 1 saturated carbocycles. The lowest BCUT2D eigenvalue weighted by molar-refractivity contribution is 0.222. The minimum Gasteiger partial charge on any atom is -0.396 e. The number of hydrogen-bond donors (Lipinski definition) is 2. The molecule has 1 aromatic rings. The van der Waals surface area contributed by atoms with E-state index in [1.165, 1.54) is 31.4 Å². The van der Waals surface area contributed by atoms with Crippen LogP contribution in [-0.4, -0.2) is 18.3 Å². The van der Waals surface area contributed by atoms with Crippen LogP contribution in [0.15, 0.2) is 24.3 Å². The van der Waals surface area contributed by atoms with E-state index in [0.717, 1.165) is 18.5 Å². The van der Waals surface area contributed by atoms with Crippen molar-refractivity contribution in [2.45, 2.75) is 31.7 Å². The Bertz CT molecular complexity index is 335. The van der Waals surface area contributed by atoms with E-state index in [0.29, 0.717) is 12.0 Å². The number of rotatable bonds is 6. The summed E-state index contributed by atoms with van der Waals surface area (Å²) >= 11 is 0. The van der Waals surface area contributed by atoms with Gasteiger partial charge in [0.1, 0.15) is 5.82 Å². The molecule has 94 valence electrons. The fraction of sp³-hybridized carbons (Fsp3) is 0.571. The third kappa shape index (κ3) is 3.27. The summed E-state index contributed by atoms with van der Waals surface area (Å²) in [5.74, 6) is 0.482. The van der Waals surface area contributed by atoms with Crippen molar-refractivity contribution in [2.24, 2.45) is 5.92 Å². The van der Waals surface area contributed by atoms with Crippen LogP contribution in [0.25, 0.3) is 0 Å². The van der Waals surface area contributed by atoms with Crippen LogP contribution in [-0.2, 0) is 0 Å². The molecular formula is C14H20FNO. The third-order valence-corrected chi connectivity index (χ3v) is 3.55. The molecule has 0 spiro atoms. The lowest BCUT2D eigenvalue weighted by atomic mass is 9.77. The molecule has 1 aliphatic rings. The van der Waals surface area contributed by atoms with Gasteiger partial charge < -0.3 is 10.4 Å². The summed E-state index contributed by atoms with van der Waals surface area (Å²) in [4.78, 5) is 0. The molecule has 0 aromatic heterocycles. The second-order valence-electron chi connectivity index (χ2n) is 4.75. The van der Waals surface area contributed by atoms with Crippen LogP contribution in [0.1, 0.15) is 37.3 Å². The van der Waals surface area contributed by atoms with Gasteiger partial charge in [-0.2, -0.15) is 0 Å². The fourth-order valence-corrected chi connectivity index (χ4v) is 2.34. The van der Waals surface area contributed by atoms with Gasteiger partial charge in [-0.05, 0) is 49.4 Å². The summed E-state index contributed by atoms with van der Waals surface area (Å²) in [6.45, 7) is 1.03. The van der Waals surface area contributed by atoms with Crippen LogP contribution in [0, 0.1) is 11.7 Å². The van der Waals surface area contributed by atoms with Crippen molar-refractivity contribution in [3.63, 3.8) is 0 Å². The Morgan fingerprint density at radius 3 is 2.53 bits per heavy atom.